The van der Waals surface area contributed by atoms with Crippen molar-refractivity contribution in [2.24, 2.45) is 40.0 Å². The van der Waals surface area contributed by atoms with Crippen molar-refractivity contribution >= 4 is 5.71 Å². The van der Waals surface area contributed by atoms with Gasteiger partial charge >= 0.3 is 0 Å². The topological polar surface area (TPSA) is 41.8 Å². The first-order chi connectivity index (χ1) is 12.7. The molecule has 0 spiro atoms. The summed E-state index contributed by atoms with van der Waals surface area (Å²) in [5, 5.41) is 11.1. The molecule has 0 aromatic rings. The van der Waals surface area contributed by atoms with E-state index in [0.717, 1.165) is 11.6 Å². The molecule has 0 bridgehead atoms. The lowest BCUT2D eigenvalue weighted by atomic mass is 9.60. The lowest BCUT2D eigenvalue weighted by Crippen LogP contribution is -2.56. The monoisotopic (exact) mass is 373 g/mol. The fourth-order valence-corrected chi connectivity index (χ4v) is 6.64. The van der Waals surface area contributed by atoms with E-state index in [2.05, 4.69) is 34.6 Å². The molecule has 0 amide bonds. The van der Waals surface area contributed by atoms with Crippen molar-refractivity contribution in [3.63, 3.8) is 0 Å². The van der Waals surface area contributed by atoms with Crippen LogP contribution in [0.4, 0.5) is 0 Å². The van der Waals surface area contributed by atoms with Crippen LogP contribution < -0.4 is 0 Å². The molecule has 27 heavy (non-hydrogen) atoms. The Morgan fingerprint density at radius 1 is 1.11 bits per heavy atom. The van der Waals surface area contributed by atoms with Crippen molar-refractivity contribution in [2.75, 3.05) is 0 Å². The van der Waals surface area contributed by atoms with Crippen LogP contribution >= 0.6 is 0 Å². The fraction of sp³-hybridized carbons (Fsp3) is 0.875. The molecule has 4 aliphatic rings. The van der Waals surface area contributed by atoms with E-state index < -0.39 is 0 Å². The van der Waals surface area contributed by atoms with Gasteiger partial charge in [-0.15, -0.1) is 0 Å². The predicted octanol–water partition coefficient (Wildman–Crippen LogP) is 6.29. The van der Waals surface area contributed by atoms with E-state index in [9.17, 15) is 5.11 Å². The van der Waals surface area contributed by atoms with Gasteiger partial charge in [0.2, 0.25) is 0 Å². The summed E-state index contributed by atoms with van der Waals surface area (Å²) in [5.74, 6) is 2.99. The number of fused-ring (bicyclic) bond motifs is 3. The summed E-state index contributed by atoms with van der Waals surface area (Å²) in [4.78, 5) is 5.17. The van der Waals surface area contributed by atoms with Crippen LogP contribution in [0.1, 0.15) is 86.0 Å². The fourth-order valence-electron chi connectivity index (χ4n) is 6.64. The summed E-state index contributed by atoms with van der Waals surface area (Å²) in [6, 6.07) is 0. The summed E-state index contributed by atoms with van der Waals surface area (Å²) < 4.78 is 6.58. The Balaban J connectivity index is 1.64. The van der Waals surface area contributed by atoms with Gasteiger partial charge in [0.15, 0.2) is 6.23 Å². The third kappa shape index (κ3) is 3.39. The first kappa shape index (κ1) is 19.5. The Bertz CT molecular complexity index is 626. The molecule has 2 aliphatic carbocycles. The third-order valence-electron chi connectivity index (χ3n) is 8.43. The summed E-state index contributed by atoms with van der Waals surface area (Å²) >= 11 is 0. The second kappa shape index (κ2) is 6.90. The quantitative estimate of drug-likeness (QED) is 0.618. The van der Waals surface area contributed by atoms with Crippen LogP contribution in [-0.4, -0.2) is 22.6 Å². The van der Waals surface area contributed by atoms with Crippen LogP contribution in [0.2, 0.25) is 0 Å². The van der Waals surface area contributed by atoms with Gasteiger partial charge in [0.1, 0.15) is 5.76 Å². The Kier molecular flexibility index (Phi) is 4.98. The average molecular weight is 374 g/mol. The minimum Gasteiger partial charge on any atom is -0.512 e. The van der Waals surface area contributed by atoms with E-state index >= 15 is 0 Å². The standard InChI is InChI=1S/C24H39NO2/c1-15-11-12-18-17(13-15)21-19(26)14-20(25-22(21)27-24(18,4)5)23(2,3)16-9-7-6-8-10-16/h14-18,21-22,26H,6-13H2,1-5H3/t15-,17?,18?,21+,22?/m0/s1. The maximum absolute atomic E-state index is 11.1. The highest BCUT2D eigenvalue weighted by molar-refractivity contribution is 6.00. The van der Waals surface area contributed by atoms with Crippen LogP contribution in [0.5, 0.6) is 0 Å². The van der Waals surface area contributed by atoms with Crippen molar-refractivity contribution < 1.29 is 9.84 Å². The smallest absolute Gasteiger partial charge is 0.159 e. The van der Waals surface area contributed by atoms with Crippen molar-refractivity contribution in [1.82, 2.24) is 0 Å². The molecule has 2 saturated carbocycles. The van der Waals surface area contributed by atoms with Crippen molar-refractivity contribution in [3.05, 3.63) is 11.8 Å². The van der Waals surface area contributed by atoms with Crippen molar-refractivity contribution in [1.29, 1.82) is 0 Å². The molecule has 0 aromatic heterocycles. The first-order valence-electron chi connectivity index (χ1n) is 11.4. The summed E-state index contributed by atoms with van der Waals surface area (Å²) in [5.41, 5.74) is 0.905. The maximum Gasteiger partial charge on any atom is 0.159 e. The zero-order valence-corrected chi connectivity index (χ0v) is 18.0. The highest BCUT2D eigenvalue weighted by Crippen LogP contribution is 2.53. The largest absolute Gasteiger partial charge is 0.512 e. The van der Waals surface area contributed by atoms with E-state index in [-0.39, 0.29) is 23.2 Å². The van der Waals surface area contributed by atoms with Crippen LogP contribution in [-0.2, 0) is 4.74 Å². The number of allylic oxidation sites excluding steroid dienone is 1. The number of dihydropyridines is 1. The highest BCUT2D eigenvalue weighted by atomic mass is 16.5. The highest BCUT2D eigenvalue weighted by Gasteiger charge is 2.54. The van der Waals surface area contributed by atoms with Gasteiger partial charge in [0, 0.05) is 11.1 Å². The van der Waals surface area contributed by atoms with Gasteiger partial charge in [0.25, 0.3) is 0 Å². The van der Waals surface area contributed by atoms with Crippen LogP contribution in [0.3, 0.4) is 0 Å². The summed E-state index contributed by atoms with van der Waals surface area (Å²) in [6.07, 6.45) is 12.1. The normalized spacial score (nSPS) is 39.8. The maximum atomic E-state index is 11.1. The molecular formula is C24H39NO2. The Morgan fingerprint density at radius 3 is 2.52 bits per heavy atom. The number of hydrogen-bond donors (Lipinski definition) is 1. The predicted molar refractivity (Wildman–Crippen MR) is 111 cm³/mol. The summed E-state index contributed by atoms with van der Waals surface area (Å²) in [6.45, 7) is 11.5. The van der Waals surface area contributed by atoms with Gasteiger partial charge in [-0.2, -0.15) is 0 Å². The molecule has 1 N–H and O–H groups in total. The number of ether oxygens (including phenoxy) is 1. The Hall–Kier alpha value is -0.830. The first-order valence-corrected chi connectivity index (χ1v) is 11.4. The van der Waals surface area contributed by atoms with Gasteiger partial charge < -0.3 is 9.84 Å². The van der Waals surface area contributed by atoms with Crippen LogP contribution in [0, 0.1) is 35.0 Å². The van der Waals surface area contributed by atoms with Gasteiger partial charge in [-0.3, -0.25) is 4.99 Å². The molecule has 3 heteroatoms. The molecule has 152 valence electrons. The summed E-state index contributed by atoms with van der Waals surface area (Å²) in [7, 11) is 0. The lowest BCUT2D eigenvalue weighted by molar-refractivity contribution is -0.202. The second-order valence-corrected chi connectivity index (χ2v) is 11.0. The average Bonchev–Trinajstić information content (AvgIpc) is 2.61. The number of rotatable bonds is 2. The molecule has 3 unspecified atom stereocenters. The van der Waals surface area contributed by atoms with E-state index in [0.29, 0.717) is 23.5 Å². The van der Waals surface area contributed by atoms with Crippen LogP contribution in [0.25, 0.3) is 0 Å². The van der Waals surface area contributed by atoms with Gasteiger partial charge in [0.05, 0.1) is 11.5 Å². The van der Waals surface area contributed by atoms with Crippen LogP contribution in [0.15, 0.2) is 16.8 Å². The molecule has 2 aliphatic heterocycles. The van der Waals surface area contributed by atoms with Crippen molar-refractivity contribution in [2.45, 2.75) is 97.8 Å². The lowest BCUT2D eigenvalue weighted by Gasteiger charge is -2.54. The van der Waals surface area contributed by atoms with E-state index in [1.807, 2.05) is 6.08 Å². The molecule has 0 radical (unpaired) electrons. The minimum absolute atomic E-state index is 0.00355. The zero-order valence-electron chi connectivity index (χ0n) is 18.0. The molecule has 3 nitrogen and oxygen atoms in total. The molecule has 0 aromatic carbocycles. The van der Waals surface area contributed by atoms with E-state index in [1.165, 1.54) is 51.4 Å². The van der Waals surface area contributed by atoms with Gasteiger partial charge in [-0.1, -0.05) is 46.5 Å². The number of aliphatic imine (C=N–C) groups is 1. The number of hydrogen-bond acceptors (Lipinski definition) is 3. The number of aliphatic hydroxyl groups excluding tert-OH is 1. The molecule has 5 atom stereocenters. The molecule has 4 rings (SSSR count). The number of nitrogens with zero attached hydrogens (tertiary/aromatic N) is 1. The Morgan fingerprint density at radius 2 is 1.81 bits per heavy atom. The molecule has 2 heterocycles. The second-order valence-electron chi connectivity index (χ2n) is 11.0. The zero-order chi connectivity index (χ0) is 19.4. The molecule has 3 fully saturated rings. The van der Waals surface area contributed by atoms with Gasteiger partial charge in [-0.25, -0.2) is 0 Å². The van der Waals surface area contributed by atoms with Gasteiger partial charge in [-0.05, 0) is 69.3 Å². The SMILES string of the molecule is C[C@H]1CCC2C(C1)[C@@H]1C(O)=CC(C(C)(C)C3CCCCC3)=NC1OC2(C)C. The minimum atomic E-state index is -0.214. The molecule has 1 saturated heterocycles. The number of aliphatic hydroxyl groups is 1. The van der Waals surface area contributed by atoms with E-state index in [1.54, 1.807) is 0 Å². The Labute approximate surface area is 165 Å². The van der Waals surface area contributed by atoms with E-state index in [4.69, 9.17) is 9.73 Å². The van der Waals surface area contributed by atoms with Crippen molar-refractivity contribution in [3.8, 4) is 0 Å². The third-order valence-corrected chi connectivity index (χ3v) is 8.43. The molecular weight excluding hydrogens is 334 g/mol.